The zero-order chi connectivity index (χ0) is 17.9. The number of nitrogen functional groups attached to an aromatic ring is 1. The molecule has 0 aliphatic rings. The summed E-state index contributed by atoms with van der Waals surface area (Å²) in [5.41, 5.74) is 6.53. The van der Waals surface area contributed by atoms with Gasteiger partial charge in [0.05, 0.1) is 4.88 Å². The van der Waals surface area contributed by atoms with E-state index >= 15 is 0 Å². The van der Waals surface area contributed by atoms with E-state index in [4.69, 9.17) is 26.8 Å². The van der Waals surface area contributed by atoms with Crippen LogP contribution in [0.2, 0.25) is 5.02 Å². The van der Waals surface area contributed by atoms with Gasteiger partial charge in [-0.15, -0.1) is 11.3 Å². The van der Waals surface area contributed by atoms with Gasteiger partial charge in [-0.2, -0.15) is 0 Å². The molecule has 0 aliphatic carbocycles. The molecule has 2 aromatic rings. The highest BCUT2D eigenvalue weighted by atomic mass is 35.5. The molecule has 2 N–H and O–H groups in total. The lowest BCUT2D eigenvalue weighted by molar-refractivity contribution is -0.157. The molecule has 0 radical (unpaired) electrons. The Morgan fingerprint density at radius 1 is 1.38 bits per heavy atom. The highest BCUT2D eigenvalue weighted by molar-refractivity contribution is 7.18. The van der Waals surface area contributed by atoms with E-state index in [-0.39, 0.29) is 17.4 Å². The second kappa shape index (κ2) is 7.23. The molecule has 128 valence electrons. The minimum atomic E-state index is -0.612. The second-order valence-electron chi connectivity index (χ2n) is 6.06. The zero-order valence-corrected chi connectivity index (χ0v) is 15.2. The summed E-state index contributed by atoms with van der Waals surface area (Å²) in [7, 11) is 0. The summed E-state index contributed by atoms with van der Waals surface area (Å²) in [5.74, 6) is -0.355. The van der Waals surface area contributed by atoms with Gasteiger partial charge >= 0.3 is 5.97 Å². The number of esters is 1. The number of rotatable bonds is 5. The van der Waals surface area contributed by atoms with Gasteiger partial charge in [0, 0.05) is 5.69 Å². The molecule has 5 nitrogen and oxygen atoms in total. The third kappa shape index (κ3) is 4.49. The largest absolute Gasteiger partial charge is 0.479 e. The minimum Gasteiger partial charge on any atom is -0.479 e. The van der Waals surface area contributed by atoms with Crippen molar-refractivity contribution in [3.63, 3.8) is 0 Å². The summed E-state index contributed by atoms with van der Waals surface area (Å²) in [6.45, 7) is 4.95. The lowest BCUT2D eigenvalue weighted by atomic mass is 10.1. The van der Waals surface area contributed by atoms with Crippen molar-refractivity contribution < 1.29 is 19.1 Å². The summed E-state index contributed by atoms with van der Waals surface area (Å²) in [5, 5.41) is 0.274. The van der Waals surface area contributed by atoms with Crippen molar-refractivity contribution in [1.29, 1.82) is 0 Å². The van der Waals surface area contributed by atoms with E-state index in [1.165, 1.54) is 11.3 Å². The van der Waals surface area contributed by atoms with E-state index in [9.17, 15) is 9.59 Å². The molecule has 0 amide bonds. The first-order chi connectivity index (χ1) is 11.2. The molecule has 0 saturated carbocycles. The smallest absolute Gasteiger partial charge is 0.344 e. The van der Waals surface area contributed by atoms with Gasteiger partial charge in [-0.25, -0.2) is 4.79 Å². The van der Waals surface area contributed by atoms with Crippen molar-refractivity contribution >= 4 is 40.9 Å². The van der Waals surface area contributed by atoms with Crippen LogP contribution in [0, 0.1) is 0 Å². The molecule has 2 rings (SSSR count). The summed E-state index contributed by atoms with van der Waals surface area (Å²) in [6, 6.07) is 7.14. The fourth-order valence-corrected chi connectivity index (χ4v) is 3.38. The minimum absolute atomic E-state index is 0.181. The van der Waals surface area contributed by atoms with E-state index in [0.29, 0.717) is 21.7 Å². The number of hydrogen-bond donors (Lipinski definition) is 1. The topological polar surface area (TPSA) is 78.6 Å². The average Bonchev–Trinajstić information content (AvgIpc) is 2.79. The van der Waals surface area contributed by atoms with Crippen molar-refractivity contribution in [3.8, 4) is 16.2 Å². The van der Waals surface area contributed by atoms with Crippen molar-refractivity contribution in [1.82, 2.24) is 0 Å². The number of anilines is 1. The van der Waals surface area contributed by atoms with Gasteiger partial charge in [0.2, 0.25) is 0 Å². The number of ether oxygens (including phenoxy) is 2. The van der Waals surface area contributed by atoms with E-state index in [0.717, 1.165) is 5.56 Å². The zero-order valence-electron chi connectivity index (χ0n) is 13.6. The number of carbonyl (C=O) groups excluding carboxylic acids is 2. The first-order valence-electron chi connectivity index (χ1n) is 7.19. The fraction of sp³-hybridized carbons (Fsp3) is 0.294. The highest BCUT2D eigenvalue weighted by Gasteiger charge is 2.22. The number of carbonyl (C=O) groups is 2. The van der Waals surface area contributed by atoms with Crippen molar-refractivity contribution in [2.24, 2.45) is 0 Å². The molecule has 1 aromatic heterocycles. The highest BCUT2D eigenvalue weighted by Crippen LogP contribution is 2.45. The second-order valence-corrected chi connectivity index (χ2v) is 7.49. The predicted octanol–water partition coefficient (Wildman–Crippen LogP) is 4.18. The van der Waals surface area contributed by atoms with Crippen LogP contribution in [0.3, 0.4) is 0 Å². The van der Waals surface area contributed by atoms with Crippen LogP contribution in [0.15, 0.2) is 24.3 Å². The number of thiophene rings is 1. The van der Waals surface area contributed by atoms with Crippen molar-refractivity contribution in [3.05, 3.63) is 34.2 Å². The monoisotopic (exact) mass is 367 g/mol. The van der Waals surface area contributed by atoms with Crippen LogP contribution in [-0.4, -0.2) is 24.5 Å². The number of benzene rings is 1. The number of halogens is 1. The van der Waals surface area contributed by atoms with Crippen LogP contribution in [0.4, 0.5) is 5.69 Å². The third-order valence-electron chi connectivity index (χ3n) is 2.84. The maximum Gasteiger partial charge on any atom is 0.344 e. The normalized spacial score (nSPS) is 11.2. The fourth-order valence-electron chi connectivity index (χ4n) is 1.99. The molecule has 0 spiro atoms. The van der Waals surface area contributed by atoms with Crippen LogP contribution in [0.25, 0.3) is 10.4 Å². The summed E-state index contributed by atoms with van der Waals surface area (Å²) in [6.07, 6.45) is 0.650. The maximum absolute atomic E-state index is 11.8. The summed E-state index contributed by atoms with van der Waals surface area (Å²) in [4.78, 5) is 24.0. The molecular formula is C17H18ClNO4S. The Labute approximate surface area is 149 Å². The van der Waals surface area contributed by atoms with E-state index < -0.39 is 11.6 Å². The van der Waals surface area contributed by atoms with Crippen LogP contribution in [0.1, 0.15) is 30.4 Å². The van der Waals surface area contributed by atoms with Crippen molar-refractivity contribution in [2.75, 3.05) is 12.3 Å². The molecule has 1 aromatic carbocycles. The Morgan fingerprint density at radius 3 is 2.67 bits per heavy atom. The van der Waals surface area contributed by atoms with Gasteiger partial charge < -0.3 is 15.2 Å². The van der Waals surface area contributed by atoms with Crippen LogP contribution >= 0.6 is 22.9 Å². The van der Waals surface area contributed by atoms with Crippen LogP contribution < -0.4 is 10.5 Å². The molecule has 7 heteroatoms. The number of nitrogens with two attached hydrogens (primary N) is 1. The first kappa shape index (κ1) is 18.3. The molecule has 0 saturated heterocycles. The predicted molar refractivity (Wildman–Crippen MR) is 95.9 cm³/mol. The van der Waals surface area contributed by atoms with E-state index in [1.807, 2.05) is 6.07 Å². The molecule has 0 bridgehead atoms. The lowest BCUT2D eigenvalue weighted by Gasteiger charge is -2.19. The Balaban J connectivity index is 2.25. The Morgan fingerprint density at radius 2 is 2.08 bits per heavy atom. The standard InChI is InChI=1S/C17H18ClNO4S/c1-17(2,3)23-13(21)9-22-15-12(8-20)24-16(14(15)18)10-5-4-6-11(19)7-10/h4-8H,9,19H2,1-3H3. The average molecular weight is 368 g/mol. The molecule has 0 atom stereocenters. The summed E-state index contributed by atoms with van der Waals surface area (Å²) >= 11 is 7.53. The van der Waals surface area contributed by atoms with Crippen molar-refractivity contribution in [2.45, 2.75) is 26.4 Å². The number of hydrogen-bond acceptors (Lipinski definition) is 6. The number of aldehydes is 1. The summed E-state index contributed by atoms with van der Waals surface area (Å²) < 4.78 is 10.6. The quantitative estimate of drug-likeness (QED) is 0.487. The van der Waals surface area contributed by atoms with Gasteiger partial charge in [0.25, 0.3) is 0 Å². The van der Waals surface area contributed by atoms with E-state index in [2.05, 4.69) is 0 Å². The SMILES string of the molecule is CC(C)(C)OC(=O)COc1c(C=O)sc(-c2cccc(N)c2)c1Cl. The molecule has 0 aliphatic heterocycles. The van der Waals surface area contributed by atoms with Gasteiger partial charge in [-0.05, 0) is 38.5 Å². The lowest BCUT2D eigenvalue weighted by Crippen LogP contribution is -2.27. The van der Waals surface area contributed by atoms with Crippen LogP contribution in [-0.2, 0) is 9.53 Å². The van der Waals surface area contributed by atoms with Gasteiger partial charge in [-0.1, -0.05) is 23.7 Å². The molecule has 0 fully saturated rings. The van der Waals surface area contributed by atoms with Gasteiger partial charge in [0.15, 0.2) is 18.6 Å². The Kier molecular flexibility index (Phi) is 5.51. The third-order valence-corrected chi connectivity index (χ3v) is 4.46. The Hall–Kier alpha value is -2.05. The van der Waals surface area contributed by atoms with Crippen LogP contribution in [0.5, 0.6) is 5.75 Å². The molecule has 24 heavy (non-hydrogen) atoms. The molecule has 1 heterocycles. The van der Waals surface area contributed by atoms with Gasteiger partial charge in [-0.3, -0.25) is 4.79 Å². The molecule has 0 unspecified atom stereocenters. The maximum atomic E-state index is 11.8. The van der Waals surface area contributed by atoms with Gasteiger partial charge in [0.1, 0.15) is 15.5 Å². The molecular weight excluding hydrogens is 350 g/mol. The van der Waals surface area contributed by atoms with E-state index in [1.54, 1.807) is 39.0 Å². The first-order valence-corrected chi connectivity index (χ1v) is 8.38. The Bertz CT molecular complexity index is 764.